The molecule has 0 bridgehead atoms. The quantitative estimate of drug-likeness (QED) is 0.886. The normalized spacial score (nSPS) is 13.1. The molecular formula is C15H21ClN4O. The number of hydrogen-bond acceptors (Lipinski definition) is 3. The van der Waals surface area contributed by atoms with Crippen molar-refractivity contribution in [3.8, 4) is 5.69 Å². The first-order valence-corrected chi connectivity index (χ1v) is 6.71. The fourth-order valence-electron chi connectivity index (χ4n) is 1.88. The summed E-state index contributed by atoms with van der Waals surface area (Å²) in [7, 11) is 0. The van der Waals surface area contributed by atoms with Crippen molar-refractivity contribution in [2.45, 2.75) is 26.4 Å². The van der Waals surface area contributed by atoms with Gasteiger partial charge >= 0.3 is 0 Å². The third kappa shape index (κ3) is 4.31. The van der Waals surface area contributed by atoms with Crippen molar-refractivity contribution < 1.29 is 4.79 Å². The van der Waals surface area contributed by atoms with Crippen molar-refractivity contribution in [1.29, 1.82) is 0 Å². The molecule has 0 aliphatic rings. The molecule has 1 aromatic carbocycles. The fraction of sp³-hybridized carbons (Fsp3) is 0.333. The standard InChI is InChI=1S/C15H20N4O.ClH/c1-11(12(2)16)15(20)17-10-13-6-3-4-7-14(13)19-9-5-8-18-19;/h3-9,11-12H,10,16H2,1-2H3,(H,17,20);1H. The minimum Gasteiger partial charge on any atom is -0.352 e. The molecule has 1 amide bonds. The van der Waals surface area contributed by atoms with Crippen LogP contribution in [0.3, 0.4) is 0 Å². The van der Waals surface area contributed by atoms with Crippen LogP contribution >= 0.6 is 12.4 Å². The Labute approximate surface area is 130 Å². The van der Waals surface area contributed by atoms with E-state index in [0.29, 0.717) is 6.54 Å². The van der Waals surface area contributed by atoms with Gasteiger partial charge in [-0.25, -0.2) is 4.68 Å². The molecule has 0 radical (unpaired) electrons. The van der Waals surface area contributed by atoms with Crippen LogP contribution in [0.1, 0.15) is 19.4 Å². The molecule has 1 aromatic heterocycles. The Kier molecular flexibility index (Phi) is 6.39. The van der Waals surface area contributed by atoms with Gasteiger partial charge in [0, 0.05) is 30.9 Å². The molecule has 5 nitrogen and oxygen atoms in total. The highest BCUT2D eigenvalue weighted by molar-refractivity contribution is 5.85. The van der Waals surface area contributed by atoms with Gasteiger partial charge in [0.15, 0.2) is 0 Å². The Morgan fingerprint density at radius 1 is 1.33 bits per heavy atom. The van der Waals surface area contributed by atoms with Gasteiger partial charge < -0.3 is 11.1 Å². The van der Waals surface area contributed by atoms with Gasteiger partial charge in [-0.1, -0.05) is 25.1 Å². The zero-order chi connectivity index (χ0) is 14.5. The number of nitrogens with one attached hydrogen (secondary N) is 1. The van der Waals surface area contributed by atoms with Crippen molar-refractivity contribution in [2.75, 3.05) is 0 Å². The van der Waals surface area contributed by atoms with Crippen LogP contribution < -0.4 is 11.1 Å². The molecule has 0 aliphatic heterocycles. The van der Waals surface area contributed by atoms with Gasteiger partial charge in [0.25, 0.3) is 0 Å². The number of nitrogens with two attached hydrogens (primary N) is 1. The second-order valence-electron chi connectivity index (χ2n) is 4.94. The molecule has 0 saturated carbocycles. The third-order valence-corrected chi connectivity index (χ3v) is 3.40. The lowest BCUT2D eigenvalue weighted by molar-refractivity contribution is -0.125. The van der Waals surface area contributed by atoms with E-state index in [9.17, 15) is 4.79 Å². The molecule has 0 spiro atoms. The fourth-order valence-corrected chi connectivity index (χ4v) is 1.88. The second-order valence-corrected chi connectivity index (χ2v) is 4.94. The maximum atomic E-state index is 11.9. The molecule has 2 aromatic rings. The lowest BCUT2D eigenvalue weighted by Crippen LogP contribution is -2.38. The molecule has 0 aliphatic carbocycles. The number of para-hydroxylation sites is 1. The Bertz CT molecular complexity index is 569. The van der Waals surface area contributed by atoms with E-state index in [1.807, 2.05) is 50.4 Å². The summed E-state index contributed by atoms with van der Waals surface area (Å²) in [6, 6.07) is 9.57. The third-order valence-electron chi connectivity index (χ3n) is 3.40. The highest BCUT2D eigenvalue weighted by Gasteiger charge is 2.16. The smallest absolute Gasteiger partial charge is 0.224 e. The number of halogens is 1. The average molecular weight is 309 g/mol. The van der Waals surface area contributed by atoms with E-state index >= 15 is 0 Å². The van der Waals surface area contributed by atoms with Gasteiger partial charge in [0.1, 0.15) is 0 Å². The molecule has 3 N–H and O–H groups in total. The van der Waals surface area contributed by atoms with E-state index < -0.39 is 0 Å². The number of hydrogen-bond donors (Lipinski definition) is 2. The largest absolute Gasteiger partial charge is 0.352 e. The van der Waals surface area contributed by atoms with Crippen LogP contribution in [-0.2, 0) is 11.3 Å². The maximum Gasteiger partial charge on any atom is 0.224 e. The summed E-state index contributed by atoms with van der Waals surface area (Å²) < 4.78 is 1.79. The average Bonchev–Trinajstić information content (AvgIpc) is 2.98. The van der Waals surface area contributed by atoms with E-state index in [1.54, 1.807) is 10.9 Å². The van der Waals surface area contributed by atoms with E-state index in [4.69, 9.17) is 5.73 Å². The van der Waals surface area contributed by atoms with E-state index in [1.165, 1.54) is 0 Å². The molecule has 2 rings (SSSR count). The van der Waals surface area contributed by atoms with Gasteiger partial charge in [-0.2, -0.15) is 5.10 Å². The Hall–Kier alpha value is -1.85. The molecule has 1 heterocycles. The van der Waals surface area contributed by atoms with Crippen LogP contribution in [0, 0.1) is 5.92 Å². The lowest BCUT2D eigenvalue weighted by Gasteiger charge is -2.16. The number of nitrogens with zero attached hydrogens (tertiary/aromatic N) is 2. The monoisotopic (exact) mass is 308 g/mol. The zero-order valence-electron chi connectivity index (χ0n) is 12.2. The summed E-state index contributed by atoms with van der Waals surface area (Å²) in [5.41, 5.74) is 7.72. The number of amides is 1. The van der Waals surface area contributed by atoms with E-state index in [0.717, 1.165) is 11.3 Å². The Morgan fingerprint density at radius 3 is 2.67 bits per heavy atom. The molecule has 2 atom stereocenters. The van der Waals surface area contributed by atoms with Gasteiger partial charge in [-0.15, -0.1) is 12.4 Å². The van der Waals surface area contributed by atoms with Crippen LogP contribution in [0.5, 0.6) is 0 Å². The van der Waals surface area contributed by atoms with Crippen molar-refractivity contribution in [2.24, 2.45) is 11.7 Å². The molecule has 0 fully saturated rings. The maximum absolute atomic E-state index is 11.9. The number of aromatic nitrogens is 2. The molecule has 6 heteroatoms. The lowest BCUT2D eigenvalue weighted by atomic mass is 10.0. The minimum atomic E-state index is -0.202. The topological polar surface area (TPSA) is 72.9 Å². The number of rotatable bonds is 5. The predicted octanol–water partition coefficient (Wildman–Crippen LogP) is 1.89. The summed E-state index contributed by atoms with van der Waals surface area (Å²) in [4.78, 5) is 11.9. The molecule has 114 valence electrons. The van der Waals surface area contributed by atoms with Crippen LogP contribution in [0.15, 0.2) is 42.7 Å². The first kappa shape index (κ1) is 17.2. The van der Waals surface area contributed by atoms with Gasteiger partial charge in [-0.05, 0) is 24.6 Å². The zero-order valence-corrected chi connectivity index (χ0v) is 13.0. The van der Waals surface area contributed by atoms with Gasteiger partial charge in [0.05, 0.1) is 5.69 Å². The minimum absolute atomic E-state index is 0. The molecule has 2 unspecified atom stereocenters. The van der Waals surface area contributed by atoms with Crippen LogP contribution in [0.25, 0.3) is 5.69 Å². The van der Waals surface area contributed by atoms with Crippen molar-refractivity contribution in [1.82, 2.24) is 15.1 Å². The van der Waals surface area contributed by atoms with E-state index in [-0.39, 0.29) is 30.3 Å². The van der Waals surface area contributed by atoms with Crippen molar-refractivity contribution in [3.05, 3.63) is 48.3 Å². The van der Waals surface area contributed by atoms with Crippen LogP contribution in [0.2, 0.25) is 0 Å². The van der Waals surface area contributed by atoms with E-state index in [2.05, 4.69) is 10.4 Å². The van der Waals surface area contributed by atoms with Crippen LogP contribution in [0.4, 0.5) is 0 Å². The molecular weight excluding hydrogens is 288 g/mol. The molecule has 0 saturated heterocycles. The number of carbonyl (C=O) groups excluding carboxylic acids is 1. The highest BCUT2D eigenvalue weighted by atomic mass is 35.5. The second kappa shape index (κ2) is 7.81. The SMILES string of the molecule is CC(N)C(C)C(=O)NCc1ccccc1-n1cccn1.Cl. The Balaban J connectivity index is 0.00000220. The van der Waals surface area contributed by atoms with Gasteiger partial charge in [0.2, 0.25) is 5.91 Å². The summed E-state index contributed by atoms with van der Waals surface area (Å²) >= 11 is 0. The highest BCUT2D eigenvalue weighted by Crippen LogP contribution is 2.13. The van der Waals surface area contributed by atoms with Crippen molar-refractivity contribution in [3.63, 3.8) is 0 Å². The number of carbonyl (C=O) groups is 1. The predicted molar refractivity (Wildman–Crippen MR) is 85.5 cm³/mol. The summed E-state index contributed by atoms with van der Waals surface area (Å²) in [6.45, 7) is 4.13. The summed E-state index contributed by atoms with van der Waals surface area (Å²) in [6.07, 6.45) is 3.61. The first-order valence-electron chi connectivity index (χ1n) is 6.71. The Morgan fingerprint density at radius 2 is 2.05 bits per heavy atom. The van der Waals surface area contributed by atoms with Crippen LogP contribution in [-0.4, -0.2) is 21.7 Å². The van der Waals surface area contributed by atoms with Crippen molar-refractivity contribution >= 4 is 18.3 Å². The molecule has 21 heavy (non-hydrogen) atoms. The first-order chi connectivity index (χ1) is 9.59. The summed E-state index contributed by atoms with van der Waals surface area (Å²) in [5.74, 6) is -0.234. The number of benzene rings is 1. The van der Waals surface area contributed by atoms with Gasteiger partial charge in [-0.3, -0.25) is 4.79 Å². The summed E-state index contributed by atoms with van der Waals surface area (Å²) in [5, 5.41) is 7.14.